The normalized spacial score (nSPS) is 16.1. The van der Waals surface area contributed by atoms with Gasteiger partial charge in [-0.1, -0.05) is 24.3 Å². The minimum Gasteiger partial charge on any atom is -0.480 e. The Balaban J connectivity index is 1.57. The first-order valence-corrected chi connectivity index (χ1v) is 11.9. The highest BCUT2D eigenvalue weighted by Gasteiger charge is 2.38. The Morgan fingerprint density at radius 3 is 2.18 bits per heavy atom. The van der Waals surface area contributed by atoms with Gasteiger partial charge in [0.1, 0.15) is 35.0 Å². The Labute approximate surface area is 216 Å². The molecule has 1 unspecified atom stereocenters. The van der Waals surface area contributed by atoms with Crippen molar-refractivity contribution in [2.45, 2.75) is 12.1 Å². The van der Waals surface area contributed by atoms with Crippen molar-refractivity contribution in [3.8, 4) is 6.07 Å². The zero-order chi connectivity index (χ0) is 27.0. The number of pyridine rings is 2. The van der Waals surface area contributed by atoms with Gasteiger partial charge in [0.05, 0.1) is 17.2 Å². The van der Waals surface area contributed by atoms with Crippen LogP contribution in [0.5, 0.6) is 0 Å². The smallest absolute Gasteiger partial charge is 0.322 e. The topological polar surface area (TPSA) is 102 Å². The van der Waals surface area contributed by atoms with Crippen LogP contribution in [-0.4, -0.2) is 51.2 Å². The summed E-state index contributed by atoms with van der Waals surface area (Å²) in [7, 11) is 1.61. The number of anilines is 1. The van der Waals surface area contributed by atoms with E-state index in [9.17, 15) is 28.7 Å². The number of benzene rings is 2. The molecule has 0 saturated carbocycles. The summed E-state index contributed by atoms with van der Waals surface area (Å²) in [5.41, 5.74) is 2.62. The molecule has 2 aromatic carbocycles. The van der Waals surface area contributed by atoms with Crippen molar-refractivity contribution in [3.05, 3.63) is 106 Å². The molecule has 5 rings (SSSR count). The highest BCUT2D eigenvalue weighted by Crippen LogP contribution is 2.34. The van der Waals surface area contributed by atoms with E-state index in [1.807, 2.05) is 6.07 Å². The molecule has 1 aliphatic rings. The summed E-state index contributed by atoms with van der Waals surface area (Å²) in [6, 6.07) is 16.6. The average molecular weight is 516 g/mol. The van der Waals surface area contributed by atoms with E-state index in [1.54, 1.807) is 47.2 Å². The number of aryl methyl sites for hydroxylation is 1. The number of rotatable bonds is 5. The second-order valence-corrected chi connectivity index (χ2v) is 9.15. The van der Waals surface area contributed by atoms with Crippen molar-refractivity contribution in [1.29, 1.82) is 5.26 Å². The first kappa shape index (κ1) is 25.0. The first-order chi connectivity index (χ1) is 18.3. The molecule has 1 aliphatic heterocycles. The molecular weight excluding hydrogens is 492 g/mol. The van der Waals surface area contributed by atoms with E-state index >= 15 is 0 Å². The predicted octanol–water partition coefficient (Wildman–Crippen LogP) is 3.45. The van der Waals surface area contributed by atoms with E-state index in [0.717, 1.165) is 0 Å². The second kappa shape index (κ2) is 10.0. The lowest BCUT2D eigenvalue weighted by atomic mass is 9.94. The summed E-state index contributed by atoms with van der Waals surface area (Å²) >= 11 is 0. The average Bonchev–Trinajstić information content (AvgIpc) is 2.92. The second-order valence-electron chi connectivity index (χ2n) is 9.15. The SMILES string of the molecule is Cn1c(=O)cc(N2CCN(C(c3ccc(F)cc3)c3ccc(F)cc3)C(C(=O)O)C2)c2nc(C#N)ccc21. The van der Waals surface area contributed by atoms with Gasteiger partial charge in [-0.25, -0.2) is 13.8 Å². The fraction of sp³-hybridized carbons (Fsp3) is 0.214. The van der Waals surface area contributed by atoms with Crippen LogP contribution >= 0.6 is 0 Å². The number of aromatic nitrogens is 2. The molecular formula is C28H23F2N5O3. The van der Waals surface area contributed by atoms with Crippen LogP contribution < -0.4 is 10.5 Å². The summed E-state index contributed by atoms with van der Waals surface area (Å²) in [5.74, 6) is -1.93. The van der Waals surface area contributed by atoms with E-state index in [1.165, 1.54) is 41.0 Å². The van der Waals surface area contributed by atoms with Gasteiger partial charge in [-0.05, 0) is 47.5 Å². The van der Waals surface area contributed by atoms with E-state index in [4.69, 9.17) is 0 Å². The Kier molecular flexibility index (Phi) is 6.61. The third-order valence-corrected chi connectivity index (χ3v) is 6.93. The maximum atomic E-state index is 13.7. The van der Waals surface area contributed by atoms with Gasteiger partial charge >= 0.3 is 5.97 Å². The fourth-order valence-electron chi connectivity index (χ4n) is 5.03. The van der Waals surface area contributed by atoms with Crippen LogP contribution in [0, 0.1) is 23.0 Å². The van der Waals surface area contributed by atoms with Crippen LogP contribution in [0.15, 0.2) is 71.5 Å². The van der Waals surface area contributed by atoms with Gasteiger partial charge in [0.2, 0.25) is 0 Å². The molecule has 10 heteroatoms. The number of carbonyl (C=O) groups is 1. The van der Waals surface area contributed by atoms with Gasteiger partial charge < -0.3 is 14.6 Å². The molecule has 0 bridgehead atoms. The number of carboxylic acid groups (broad SMARTS) is 1. The number of piperazine rings is 1. The number of fused-ring (bicyclic) bond motifs is 1. The fourth-order valence-corrected chi connectivity index (χ4v) is 5.03. The molecule has 1 saturated heterocycles. The van der Waals surface area contributed by atoms with Crippen molar-refractivity contribution in [1.82, 2.24) is 14.5 Å². The molecule has 2 aromatic heterocycles. The van der Waals surface area contributed by atoms with Crippen LogP contribution in [0.2, 0.25) is 0 Å². The van der Waals surface area contributed by atoms with Gasteiger partial charge in [-0.2, -0.15) is 5.26 Å². The maximum Gasteiger partial charge on any atom is 0.322 e. The van der Waals surface area contributed by atoms with Crippen molar-refractivity contribution in [3.63, 3.8) is 0 Å². The molecule has 0 amide bonds. The molecule has 8 nitrogen and oxygen atoms in total. The van der Waals surface area contributed by atoms with Crippen LogP contribution in [-0.2, 0) is 11.8 Å². The zero-order valence-corrected chi connectivity index (χ0v) is 20.4. The summed E-state index contributed by atoms with van der Waals surface area (Å²) in [4.78, 5) is 33.3. The monoisotopic (exact) mass is 515 g/mol. The molecule has 0 spiro atoms. The largest absolute Gasteiger partial charge is 0.480 e. The molecule has 1 atom stereocenters. The maximum absolute atomic E-state index is 13.7. The summed E-state index contributed by atoms with van der Waals surface area (Å²) in [6.07, 6.45) is 0. The standard InChI is InChI=1S/C28H23F2N5O3/c1-33-22-11-10-21(15-31)32-26(22)23(14-25(33)36)34-12-13-35(24(16-34)28(37)38)27(17-2-6-19(29)7-3-17)18-4-8-20(30)9-5-18/h2-11,14,24,27H,12-13,16H2,1H3,(H,37,38). The zero-order valence-electron chi connectivity index (χ0n) is 20.4. The van der Waals surface area contributed by atoms with Crippen molar-refractivity contribution >= 4 is 22.7 Å². The molecule has 192 valence electrons. The number of nitriles is 1. The number of carboxylic acids is 1. The van der Waals surface area contributed by atoms with Crippen LogP contribution in [0.1, 0.15) is 22.9 Å². The summed E-state index contributed by atoms with van der Waals surface area (Å²) < 4.78 is 28.9. The van der Waals surface area contributed by atoms with Gasteiger partial charge in [-0.3, -0.25) is 14.5 Å². The molecule has 1 N–H and O–H groups in total. The van der Waals surface area contributed by atoms with Gasteiger partial charge in [-0.15, -0.1) is 0 Å². The molecule has 0 radical (unpaired) electrons. The van der Waals surface area contributed by atoms with Gasteiger partial charge in [0, 0.05) is 32.7 Å². The van der Waals surface area contributed by atoms with E-state index in [2.05, 4.69) is 4.98 Å². The predicted molar refractivity (Wildman–Crippen MR) is 137 cm³/mol. The number of aliphatic carboxylic acids is 1. The van der Waals surface area contributed by atoms with Gasteiger partial charge in [0.15, 0.2) is 0 Å². The Morgan fingerprint density at radius 2 is 1.63 bits per heavy atom. The highest BCUT2D eigenvalue weighted by molar-refractivity contribution is 5.89. The molecule has 4 aromatic rings. The Morgan fingerprint density at radius 1 is 1.03 bits per heavy atom. The molecule has 0 aliphatic carbocycles. The number of hydrogen-bond donors (Lipinski definition) is 1. The van der Waals surface area contributed by atoms with Crippen molar-refractivity contribution < 1.29 is 18.7 Å². The molecule has 38 heavy (non-hydrogen) atoms. The minimum absolute atomic E-state index is 0.0228. The summed E-state index contributed by atoms with van der Waals surface area (Å²) in [6.45, 7) is 0.642. The highest BCUT2D eigenvalue weighted by atomic mass is 19.1. The van der Waals surface area contributed by atoms with Crippen LogP contribution in [0.4, 0.5) is 14.5 Å². The van der Waals surface area contributed by atoms with Crippen molar-refractivity contribution in [2.24, 2.45) is 7.05 Å². The third-order valence-electron chi connectivity index (χ3n) is 6.93. The Bertz CT molecular complexity index is 1570. The lowest BCUT2D eigenvalue weighted by Crippen LogP contribution is -2.57. The van der Waals surface area contributed by atoms with E-state index < -0.39 is 29.7 Å². The first-order valence-electron chi connectivity index (χ1n) is 11.9. The van der Waals surface area contributed by atoms with Crippen molar-refractivity contribution in [2.75, 3.05) is 24.5 Å². The lowest BCUT2D eigenvalue weighted by molar-refractivity contribution is -0.144. The quantitative estimate of drug-likeness (QED) is 0.434. The number of halogens is 2. The minimum atomic E-state index is -1.08. The molecule has 1 fully saturated rings. The molecule has 3 heterocycles. The summed E-state index contributed by atoms with van der Waals surface area (Å²) in [5, 5.41) is 19.6. The number of hydrogen-bond acceptors (Lipinski definition) is 6. The van der Waals surface area contributed by atoms with Crippen LogP contribution in [0.3, 0.4) is 0 Å². The number of nitrogens with zero attached hydrogens (tertiary/aromatic N) is 5. The lowest BCUT2D eigenvalue weighted by Gasteiger charge is -2.44. The van der Waals surface area contributed by atoms with Crippen LogP contribution in [0.25, 0.3) is 11.0 Å². The van der Waals surface area contributed by atoms with E-state index in [-0.39, 0.29) is 24.3 Å². The van der Waals surface area contributed by atoms with Gasteiger partial charge in [0.25, 0.3) is 5.56 Å². The van der Waals surface area contributed by atoms with E-state index in [0.29, 0.717) is 34.4 Å². The Hall–Kier alpha value is -4.62. The third kappa shape index (κ3) is 4.60.